The minimum Gasteiger partial charge on any atom is -0.501 e. The van der Waals surface area contributed by atoms with E-state index < -0.39 is 8.07 Å². The molecule has 7 aromatic carbocycles. The van der Waals surface area contributed by atoms with Gasteiger partial charge in [-0.25, -0.2) is 0 Å². The van der Waals surface area contributed by atoms with Crippen LogP contribution in [-0.4, -0.2) is 22.6 Å². The molecule has 6 heteroatoms. The predicted octanol–water partition coefficient (Wildman–Crippen LogP) is 15.4. The van der Waals surface area contributed by atoms with Crippen molar-refractivity contribution in [2.24, 2.45) is 0 Å². The van der Waals surface area contributed by atoms with Crippen LogP contribution in [-0.2, 0) is 26.5 Å². The molecule has 325 valence electrons. The van der Waals surface area contributed by atoms with Crippen molar-refractivity contribution in [3.8, 4) is 50.6 Å². The molecule has 4 heterocycles. The van der Waals surface area contributed by atoms with Crippen molar-refractivity contribution >= 4 is 46.2 Å². The van der Waals surface area contributed by atoms with Crippen molar-refractivity contribution in [1.82, 2.24) is 14.5 Å². The number of nitrogens with zero attached hydrogens (tertiary/aromatic N) is 3. The first kappa shape index (κ1) is 44.0. The summed E-state index contributed by atoms with van der Waals surface area (Å²) in [6, 6.07) is 63.8. The average molecular weight is 1040 g/mol. The number of para-hydroxylation sites is 2. The molecule has 0 atom stereocenters. The number of pyridine rings is 1. The number of aryl methyl sites for hydroxylation is 1. The van der Waals surface area contributed by atoms with Crippen LogP contribution in [0.2, 0.25) is 19.1 Å². The van der Waals surface area contributed by atoms with Crippen LogP contribution in [0.25, 0.3) is 83.6 Å². The van der Waals surface area contributed by atoms with Gasteiger partial charge in [-0.3, -0.25) is 4.98 Å². The maximum absolute atomic E-state index is 6.80. The third-order valence-electron chi connectivity index (χ3n) is 13.0. The van der Waals surface area contributed by atoms with Gasteiger partial charge < -0.3 is 14.0 Å². The van der Waals surface area contributed by atoms with Crippen LogP contribution in [0.5, 0.6) is 0 Å². The van der Waals surface area contributed by atoms with E-state index in [-0.39, 0.29) is 31.9 Å². The molecule has 1 radical (unpaired) electrons. The van der Waals surface area contributed by atoms with Crippen molar-refractivity contribution in [1.29, 1.82) is 0 Å². The van der Waals surface area contributed by atoms with Gasteiger partial charge in [-0.2, -0.15) is 0 Å². The van der Waals surface area contributed by atoms with E-state index in [1.807, 2.05) is 48.5 Å². The Morgan fingerprint density at radius 1 is 0.646 bits per heavy atom. The molecule has 0 aliphatic carbocycles. The van der Waals surface area contributed by atoms with Gasteiger partial charge in [0.05, 0.1) is 30.5 Å². The topological polar surface area (TPSA) is 43.9 Å². The minimum atomic E-state index is -1.37. The first-order valence-electron chi connectivity index (χ1n) is 22.7. The minimum absolute atomic E-state index is 0. The second kappa shape index (κ2) is 18.4. The van der Waals surface area contributed by atoms with Crippen molar-refractivity contribution in [2.45, 2.75) is 71.5 Å². The quantitative estimate of drug-likeness (QED) is 0.118. The zero-order valence-electron chi connectivity index (χ0n) is 37.9. The molecule has 0 amide bonds. The fraction of sp³-hybridized carbons (Fsp3) is 0.186. The molecule has 0 saturated heterocycles. The zero-order valence-corrected chi connectivity index (χ0v) is 41.3. The van der Waals surface area contributed by atoms with Crippen LogP contribution < -0.4 is 5.19 Å². The van der Waals surface area contributed by atoms with Gasteiger partial charge in [-0.15, -0.1) is 54.1 Å². The van der Waals surface area contributed by atoms with E-state index in [0.717, 1.165) is 61.2 Å². The monoisotopic (exact) mass is 1040 g/mol. The second-order valence-electron chi connectivity index (χ2n) is 18.4. The normalized spacial score (nSPS) is 13.2. The fourth-order valence-electron chi connectivity index (χ4n) is 9.69. The molecule has 0 bridgehead atoms. The summed E-state index contributed by atoms with van der Waals surface area (Å²) in [6.07, 6.45) is 4.28. The van der Waals surface area contributed by atoms with Crippen molar-refractivity contribution < 1.29 is 24.5 Å². The van der Waals surface area contributed by atoms with Gasteiger partial charge >= 0.3 is 0 Å². The van der Waals surface area contributed by atoms with Gasteiger partial charge in [0.2, 0.25) is 0 Å². The van der Waals surface area contributed by atoms with E-state index >= 15 is 0 Å². The Kier molecular flexibility index (Phi) is 12.4. The Bertz CT molecular complexity index is 3210. The Hall–Kier alpha value is -6.17. The fourth-order valence-corrected chi connectivity index (χ4v) is 12.6. The predicted molar refractivity (Wildman–Crippen MR) is 270 cm³/mol. The Morgan fingerprint density at radius 3 is 2.11 bits per heavy atom. The average Bonchev–Trinajstić information content (AvgIpc) is 3.90. The van der Waals surface area contributed by atoms with Gasteiger partial charge in [-0.1, -0.05) is 154 Å². The third kappa shape index (κ3) is 8.47. The van der Waals surface area contributed by atoms with Crippen molar-refractivity contribution in [3.05, 3.63) is 193 Å². The van der Waals surface area contributed by atoms with E-state index in [9.17, 15) is 0 Å². The van der Waals surface area contributed by atoms with Crippen LogP contribution in [0.1, 0.15) is 62.6 Å². The number of furan rings is 1. The van der Waals surface area contributed by atoms with Gasteiger partial charge in [0.1, 0.15) is 5.58 Å². The van der Waals surface area contributed by atoms with E-state index in [0.29, 0.717) is 0 Å². The number of imidazole rings is 1. The largest absolute Gasteiger partial charge is 0.501 e. The smallest absolute Gasteiger partial charge is 0.121 e. The summed E-state index contributed by atoms with van der Waals surface area (Å²) in [7, 11) is -1.37. The van der Waals surface area contributed by atoms with Gasteiger partial charge in [-0.05, 0) is 99.3 Å². The summed E-state index contributed by atoms with van der Waals surface area (Å²) >= 11 is 0. The van der Waals surface area contributed by atoms with Crippen LogP contribution in [0.15, 0.2) is 168 Å². The summed E-state index contributed by atoms with van der Waals surface area (Å²) in [6.45, 7) is 14.4. The number of rotatable bonds is 7. The molecule has 11 rings (SSSR count). The van der Waals surface area contributed by atoms with E-state index in [4.69, 9.17) is 9.40 Å². The molecule has 3 aromatic heterocycles. The molecule has 1 aliphatic heterocycles. The summed E-state index contributed by atoms with van der Waals surface area (Å²) in [5.74, 6) is 1.42. The molecule has 10 aromatic rings. The van der Waals surface area contributed by atoms with E-state index in [1.54, 1.807) is 16.9 Å². The molecule has 0 saturated carbocycles. The summed E-state index contributed by atoms with van der Waals surface area (Å²) in [4.78, 5) is 9.58. The van der Waals surface area contributed by atoms with Crippen LogP contribution in [0.4, 0.5) is 0 Å². The third-order valence-corrected chi connectivity index (χ3v) is 16.6. The SMILES string of the molecule is CC(C)c1cc(-c2ccc3c(c2)CCC[Si]3(C)C)cc(C(C)C)c1-n1c(-c2[c-]ccc3c2oc2cc(-c4ccccc4)ccc23)nc2ccccc21.[Ir].[c-]1ccccc1-c1ccccn1. The molecule has 65 heavy (non-hydrogen) atoms. The van der Waals surface area contributed by atoms with Gasteiger partial charge in [0, 0.05) is 37.4 Å². The Balaban J connectivity index is 0.000000355. The zero-order chi connectivity index (χ0) is 44.0. The molecule has 0 fully saturated rings. The molecule has 4 nitrogen and oxygen atoms in total. The number of aromatic nitrogens is 3. The Labute approximate surface area is 397 Å². The molecule has 0 spiro atoms. The molecule has 0 N–H and O–H groups in total. The number of hydrogen-bond acceptors (Lipinski definition) is 3. The summed E-state index contributed by atoms with van der Waals surface area (Å²) in [5, 5.41) is 3.82. The molecule has 1 aliphatic rings. The van der Waals surface area contributed by atoms with E-state index in [1.165, 1.54) is 52.4 Å². The number of fused-ring (bicyclic) bond motifs is 5. The van der Waals surface area contributed by atoms with Crippen LogP contribution in [0.3, 0.4) is 0 Å². The van der Waals surface area contributed by atoms with Gasteiger partial charge in [0.15, 0.2) is 0 Å². The van der Waals surface area contributed by atoms with Crippen LogP contribution >= 0.6 is 0 Å². The van der Waals surface area contributed by atoms with Gasteiger partial charge in [0.25, 0.3) is 0 Å². The van der Waals surface area contributed by atoms with Crippen LogP contribution in [0, 0.1) is 12.1 Å². The standard InChI is InChI=1S/C48H45N2OSi.C11H8N.Ir/c1-30(2)40-27-36(33-22-24-45-35(26-33)16-13-25-52(45,5)6)28-41(31(3)4)46(40)50-43-20-11-10-19-42(43)49-48(50)39-18-12-17-38-37-23-21-34(29-44(37)51-47(38)39)32-14-8-7-9-15-32;1-2-6-10(7-3-1)11-8-4-5-9-12-11;/h7-12,14-15,17,19-24,26-31H,13,16,25H2,1-6H3;1-6,8-9H;/q2*-1;. The van der Waals surface area contributed by atoms with E-state index in [2.05, 4.69) is 172 Å². The summed E-state index contributed by atoms with van der Waals surface area (Å²) in [5.41, 5.74) is 17.0. The number of hydrogen-bond donors (Lipinski definition) is 0. The van der Waals surface area contributed by atoms with Crippen molar-refractivity contribution in [2.75, 3.05) is 0 Å². The molecular weight excluding hydrogens is 987 g/mol. The van der Waals surface area contributed by atoms with Crippen molar-refractivity contribution in [3.63, 3.8) is 0 Å². The Morgan fingerprint density at radius 2 is 1.37 bits per heavy atom. The summed E-state index contributed by atoms with van der Waals surface area (Å²) < 4.78 is 9.20. The number of benzene rings is 7. The first-order valence-corrected chi connectivity index (χ1v) is 26.0. The second-order valence-corrected chi connectivity index (χ2v) is 23.3. The maximum atomic E-state index is 6.80. The first-order chi connectivity index (χ1) is 31.1. The molecule has 0 unspecified atom stereocenters. The maximum Gasteiger partial charge on any atom is 0.121 e. The molecular formula is C59H53IrN3OSi-2.